The minimum atomic E-state index is -0.616. The Kier molecular flexibility index (Phi) is 8.13. The van der Waals surface area contributed by atoms with Gasteiger partial charge in [0.15, 0.2) is 5.11 Å². The zero-order valence-electron chi connectivity index (χ0n) is 16.8. The molecule has 3 aromatic carbocycles. The van der Waals surface area contributed by atoms with Gasteiger partial charge in [-0.15, -0.1) is 0 Å². The summed E-state index contributed by atoms with van der Waals surface area (Å²) in [4.78, 5) is 25.2. The summed E-state index contributed by atoms with van der Waals surface area (Å²) in [6, 6.07) is 21.1. The molecule has 2 amide bonds. The van der Waals surface area contributed by atoms with E-state index in [-0.39, 0.29) is 17.2 Å². The molecule has 1 unspecified atom stereocenters. The number of halogens is 2. The van der Waals surface area contributed by atoms with Crippen LogP contribution in [0.25, 0.3) is 0 Å². The van der Waals surface area contributed by atoms with Crippen LogP contribution in [0.4, 0.5) is 10.1 Å². The number of hydrogen-bond acceptors (Lipinski definition) is 3. The molecule has 0 heterocycles. The molecule has 6 nitrogen and oxygen atoms in total. The van der Waals surface area contributed by atoms with Crippen molar-refractivity contribution in [3.8, 4) is 0 Å². The third-order valence-corrected chi connectivity index (χ3v) is 4.99. The summed E-state index contributed by atoms with van der Waals surface area (Å²) in [6.07, 6.45) is -0.0739. The van der Waals surface area contributed by atoms with Gasteiger partial charge in [0.1, 0.15) is 5.82 Å². The van der Waals surface area contributed by atoms with Crippen LogP contribution < -0.4 is 21.5 Å². The first kappa shape index (κ1) is 23.2. The van der Waals surface area contributed by atoms with Crippen LogP contribution in [-0.4, -0.2) is 16.9 Å². The van der Waals surface area contributed by atoms with E-state index < -0.39 is 23.7 Å². The van der Waals surface area contributed by atoms with Gasteiger partial charge in [0.2, 0.25) is 5.91 Å². The van der Waals surface area contributed by atoms with Crippen molar-refractivity contribution in [2.75, 3.05) is 5.32 Å². The molecule has 164 valence electrons. The number of thiocarbonyl (C=S) groups is 1. The van der Waals surface area contributed by atoms with Gasteiger partial charge in [0.05, 0.1) is 28.7 Å². The van der Waals surface area contributed by atoms with E-state index in [2.05, 4.69) is 21.5 Å². The van der Waals surface area contributed by atoms with Crippen molar-refractivity contribution >= 4 is 46.4 Å². The van der Waals surface area contributed by atoms with Gasteiger partial charge in [-0.1, -0.05) is 66.2 Å². The molecule has 0 aromatic heterocycles. The maximum absolute atomic E-state index is 13.7. The van der Waals surface area contributed by atoms with Crippen molar-refractivity contribution < 1.29 is 14.0 Å². The van der Waals surface area contributed by atoms with E-state index in [1.807, 2.05) is 30.3 Å². The van der Waals surface area contributed by atoms with Gasteiger partial charge in [-0.05, 0) is 42.0 Å². The number of para-hydroxylation sites is 1. The van der Waals surface area contributed by atoms with Crippen LogP contribution in [0.3, 0.4) is 0 Å². The molecule has 0 fully saturated rings. The number of anilines is 1. The van der Waals surface area contributed by atoms with Crippen LogP contribution in [0.2, 0.25) is 5.02 Å². The predicted molar refractivity (Wildman–Crippen MR) is 127 cm³/mol. The van der Waals surface area contributed by atoms with Gasteiger partial charge in [-0.25, -0.2) is 4.39 Å². The van der Waals surface area contributed by atoms with Crippen molar-refractivity contribution in [2.45, 2.75) is 12.5 Å². The van der Waals surface area contributed by atoms with E-state index in [1.54, 1.807) is 36.4 Å². The van der Waals surface area contributed by atoms with Gasteiger partial charge < -0.3 is 10.6 Å². The summed E-state index contributed by atoms with van der Waals surface area (Å²) < 4.78 is 13.7. The van der Waals surface area contributed by atoms with Crippen molar-refractivity contribution in [1.29, 1.82) is 0 Å². The lowest BCUT2D eigenvalue weighted by Crippen LogP contribution is -2.45. The highest BCUT2D eigenvalue weighted by Crippen LogP contribution is 2.20. The number of carbonyl (C=O) groups excluding carboxylic acids is 2. The number of benzene rings is 3. The van der Waals surface area contributed by atoms with Gasteiger partial charge in [-0.3, -0.25) is 20.4 Å². The Labute approximate surface area is 195 Å². The fourth-order valence-electron chi connectivity index (χ4n) is 2.90. The number of hydrazine groups is 1. The second kappa shape index (κ2) is 11.2. The molecule has 0 saturated heterocycles. The highest BCUT2D eigenvalue weighted by Gasteiger charge is 2.20. The zero-order valence-corrected chi connectivity index (χ0v) is 18.3. The molecule has 0 aliphatic carbocycles. The molecule has 32 heavy (non-hydrogen) atoms. The van der Waals surface area contributed by atoms with Crippen LogP contribution >= 0.6 is 23.8 Å². The molecule has 0 aliphatic heterocycles. The molecule has 9 heteroatoms. The molecule has 0 saturated carbocycles. The number of rotatable bonds is 6. The molecule has 0 bridgehead atoms. The largest absolute Gasteiger partial charge is 0.345 e. The van der Waals surface area contributed by atoms with Gasteiger partial charge in [-0.2, -0.15) is 0 Å². The Morgan fingerprint density at radius 3 is 2.28 bits per heavy atom. The van der Waals surface area contributed by atoms with Crippen LogP contribution in [-0.2, 0) is 4.79 Å². The van der Waals surface area contributed by atoms with Crippen molar-refractivity contribution in [2.24, 2.45) is 0 Å². The first-order valence-electron chi connectivity index (χ1n) is 9.64. The Bertz CT molecular complexity index is 1110. The third-order valence-electron chi connectivity index (χ3n) is 4.45. The third kappa shape index (κ3) is 6.50. The van der Waals surface area contributed by atoms with Gasteiger partial charge in [0, 0.05) is 0 Å². The van der Waals surface area contributed by atoms with E-state index in [4.69, 9.17) is 23.8 Å². The highest BCUT2D eigenvalue weighted by atomic mass is 35.5. The van der Waals surface area contributed by atoms with Crippen LogP contribution in [0.5, 0.6) is 0 Å². The van der Waals surface area contributed by atoms with E-state index in [0.29, 0.717) is 10.6 Å². The number of nitrogens with one attached hydrogen (secondary N) is 4. The topological polar surface area (TPSA) is 82.3 Å². The number of hydrogen-bond donors (Lipinski definition) is 4. The van der Waals surface area contributed by atoms with Crippen LogP contribution in [0, 0.1) is 5.82 Å². The maximum atomic E-state index is 13.7. The molecule has 3 aromatic rings. The molecular weight excluding hydrogens is 451 g/mol. The Hall–Kier alpha value is -3.49. The Morgan fingerprint density at radius 2 is 1.56 bits per heavy atom. The quantitative estimate of drug-likeness (QED) is 0.318. The van der Waals surface area contributed by atoms with Gasteiger partial charge >= 0.3 is 0 Å². The van der Waals surface area contributed by atoms with Crippen molar-refractivity contribution in [3.63, 3.8) is 0 Å². The molecule has 3 rings (SSSR count). The fraction of sp³-hybridized carbons (Fsp3) is 0.0870. The highest BCUT2D eigenvalue weighted by molar-refractivity contribution is 7.80. The average Bonchev–Trinajstić information content (AvgIpc) is 2.79. The molecular formula is C23H20ClFN4O2S. The minimum Gasteiger partial charge on any atom is -0.345 e. The number of carbonyl (C=O) groups is 2. The van der Waals surface area contributed by atoms with E-state index in [1.165, 1.54) is 12.1 Å². The molecule has 0 spiro atoms. The van der Waals surface area contributed by atoms with Crippen LogP contribution in [0.1, 0.15) is 28.4 Å². The summed E-state index contributed by atoms with van der Waals surface area (Å²) in [5.41, 5.74) is 6.21. The first-order chi connectivity index (χ1) is 15.4. The average molecular weight is 471 g/mol. The second-order valence-corrected chi connectivity index (χ2v) is 7.54. The summed E-state index contributed by atoms with van der Waals surface area (Å²) in [5, 5.41) is 5.83. The summed E-state index contributed by atoms with van der Waals surface area (Å²) in [5.74, 6) is -1.31. The lowest BCUT2D eigenvalue weighted by molar-refractivity contribution is -0.122. The first-order valence-corrected chi connectivity index (χ1v) is 10.4. The SMILES string of the molecule is O=C(CC(NC(=O)c1ccccc1Cl)c1ccccc1)NNC(=S)Nc1ccccc1F. The normalized spacial score (nSPS) is 11.2. The summed E-state index contributed by atoms with van der Waals surface area (Å²) >= 11 is 11.2. The smallest absolute Gasteiger partial charge is 0.253 e. The van der Waals surface area contributed by atoms with E-state index in [0.717, 1.165) is 5.56 Å². The minimum absolute atomic E-state index is 0.0137. The lowest BCUT2D eigenvalue weighted by Gasteiger charge is -2.20. The molecule has 4 N–H and O–H groups in total. The molecule has 0 aliphatic rings. The Balaban J connectivity index is 1.62. The Morgan fingerprint density at radius 1 is 0.906 bits per heavy atom. The van der Waals surface area contributed by atoms with Crippen LogP contribution in [0.15, 0.2) is 78.9 Å². The standard InChI is InChI=1S/C23H20ClFN4O2S/c24-17-11-5-4-10-16(17)22(31)26-20(15-8-2-1-3-9-15)14-21(30)28-29-23(32)27-19-13-7-6-12-18(19)25/h1-13,20H,14H2,(H,26,31)(H,28,30)(H2,27,29,32). The molecule has 1 atom stereocenters. The molecule has 0 radical (unpaired) electrons. The van der Waals surface area contributed by atoms with Crippen molar-refractivity contribution in [1.82, 2.24) is 16.2 Å². The van der Waals surface area contributed by atoms with E-state index in [9.17, 15) is 14.0 Å². The predicted octanol–water partition coefficient (Wildman–Crippen LogP) is 4.36. The number of amides is 2. The fourth-order valence-corrected chi connectivity index (χ4v) is 3.28. The lowest BCUT2D eigenvalue weighted by atomic mass is 10.0. The zero-order chi connectivity index (χ0) is 22.9. The summed E-state index contributed by atoms with van der Waals surface area (Å²) in [7, 11) is 0. The van der Waals surface area contributed by atoms with Gasteiger partial charge in [0.25, 0.3) is 5.91 Å². The van der Waals surface area contributed by atoms with E-state index >= 15 is 0 Å². The maximum Gasteiger partial charge on any atom is 0.253 e. The summed E-state index contributed by atoms with van der Waals surface area (Å²) in [6.45, 7) is 0. The van der Waals surface area contributed by atoms with Crippen molar-refractivity contribution in [3.05, 3.63) is 101 Å². The monoisotopic (exact) mass is 470 g/mol. The second-order valence-electron chi connectivity index (χ2n) is 6.73.